The average molecular weight is 384 g/mol. The molecule has 1 N–H and O–H groups in total. The van der Waals surface area contributed by atoms with Gasteiger partial charge in [-0.15, -0.1) is 0 Å². The fourth-order valence-corrected chi connectivity index (χ4v) is 2.83. The number of aryl methyl sites for hydroxylation is 2. The highest BCUT2D eigenvalue weighted by molar-refractivity contribution is 5.81. The first-order valence-corrected chi connectivity index (χ1v) is 8.75. The van der Waals surface area contributed by atoms with Gasteiger partial charge in [0.15, 0.2) is 5.65 Å². The van der Waals surface area contributed by atoms with Gasteiger partial charge >= 0.3 is 11.9 Å². The van der Waals surface area contributed by atoms with E-state index in [-0.39, 0.29) is 18.6 Å². The maximum atomic E-state index is 12.6. The molecule has 1 unspecified atom stereocenters. The summed E-state index contributed by atoms with van der Waals surface area (Å²) >= 11 is 0. The third kappa shape index (κ3) is 3.78. The van der Waals surface area contributed by atoms with Crippen molar-refractivity contribution in [2.75, 3.05) is 6.61 Å². The summed E-state index contributed by atoms with van der Waals surface area (Å²) in [5.74, 6) is -1.47. The van der Waals surface area contributed by atoms with Gasteiger partial charge in [0.05, 0.1) is 24.3 Å². The summed E-state index contributed by atoms with van der Waals surface area (Å²) in [7, 11) is 0. The Hall–Kier alpha value is -3.49. The minimum absolute atomic E-state index is 0.132. The number of H-pyrrole nitrogens is 1. The third-order valence-electron chi connectivity index (χ3n) is 4.21. The maximum Gasteiger partial charge on any atom is 0.353 e. The molecule has 0 saturated heterocycles. The summed E-state index contributed by atoms with van der Waals surface area (Å²) in [5.41, 5.74) is 1.63. The lowest BCUT2D eigenvalue weighted by atomic mass is 10.1. The van der Waals surface area contributed by atoms with Gasteiger partial charge in [-0.2, -0.15) is 0 Å². The van der Waals surface area contributed by atoms with Gasteiger partial charge in [-0.05, 0) is 32.4 Å². The molecule has 3 rings (SSSR count). The Labute approximate surface area is 160 Å². The van der Waals surface area contributed by atoms with Gasteiger partial charge in [0.2, 0.25) is 6.10 Å². The predicted octanol–water partition coefficient (Wildman–Crippen LogP) is 1.42. The lowest BCUT2D eigenvalue weighted by molar-refractivity contribution is -0.168. The Balaban J connectivity index is 1.88. The zero-order chi connectivity index (χ0) is 20.3. The van der Waals surface area contributed by atoms with Crippen LogP contribution in [0.15, 0.2) is 35.4 Å². The molecule has 146 valence electrons. The molecule has 1 atom stereocenters. The molecule has 0 bridgehead atoms. The van der Waals surface area contributed by atoms with Crippen molar-refractivity contribution in [3.8, 4) is 0 Å². The van der Waals surface area contributed by atoms with Crippen molar-refractivity contribution in [1.82, 2.24) is 19.6 Å². The number of aromatic nitrogens is 4. The molecular formula is C19H20N4O5. The van der Waals surface area contributed by atoms with Crippen molar-refractivity contribution in [1.29, 1.82) is 0 Å². The maximum absolute atomic E-state index is 12.6. The van der Waals surface area contributed by atoms with Crippen molar-refractivity contribution in [2.24, 2.45) is 0 Å². The molecule has 9 heteroatoms. The number of rotatable bonds is 6. The lowest BCUT2D eigenvalue weighted by Gasteiger charge is -2.17. The number of pyridine rings is 1. The van der Waals surface area contributed by atoms with E-state index in [0.29, 0.717) is 22.6 Å². The molecule has 28 heavy (non-hydrogen) atoms. The van der Waals surface area contributed by atoms with E-state index in [1.165, 1.54) is 10.7 Å². The van der Waals surface area contributed by atoms with Crippen LogP contribution in [0.3, 0.4) is 0 Å². The number of esters is 2. The molecule has 9 nitrogen and oxygen atoms in total. The molecule has 3 heterocycles. The Morgan fingerprint density at radius 1 is 1.29 bits per heavy atom. The first-order valence-electron chi connectivity index (χ1n) is 8.75. The van der Waals surface area contributed by atoms with Gasteiger partial charge in [0.25, 0.3) is 5.56 Å². The summed E-state index contributed by atoms with van der Waals surface area (Å²) in [5, 5.41) is 2.74. The van der Waals surface area contributed by atoms with Crippen LogP contribution in [-0.2, 0) is 25.5 Å². The number of nitrogens with zero attached hydrogens (tertiary/aromatic N) is 3. The van der Waals surface area contributed by atoms with Crippen LogP contribution in [0.25, 0.3) is 5.65 Å². The van der Waals surface area contributed by atoms with Crippen molar-refractivity contribution in [3.63, 3.8) is 0 Å². The first kappa shape index (κ1) is 19.3. The van der Waals surface area contributed by atoms with Gasteiger partial charge < -0.3 is 9.47 Å². The molecule has 0 saturated carbocycles. The SMILES string of the molecule is CCOC(=O)C(OC(=O)Cc1c(C)nc2cc[nH]n2c1=O)c1ncccc1C. The summed E-state index contributed by atoms with van der Waals surface area (Å²) in [6, 6.07) is 5.11. The number of aromatic amines is 1. The van der Waals surface area contributed by atoms with Gasteiger partial charge in [-0.3, -0.25) is 19.7 Å². The number of ether oxygens (including phenoxy) is 2. The van der Waals surface area contributed by atoms with E-state index in [1.807, 2.05) is 0 Å². The van der Waals surface area contributed by atoms with Gasteiger partial charge in [-0.1, -0.05) is 6.07 Å². The van der Waals surface area contributed by atoms with Gasteiger partial charge in [0.1, 0.15) is 0 Å². The Morgan fingerprint density at radius 2 is 2.07 bits per heavy atom. The molecule has 0 aromatic carbocycles. The molecule has 0 radical (unpaired) electrons. The van der Waals surface area contributed by atoms with E-state index in [2.05, 4.69) is 15.1 Å². The molecule has 0 aliphatic rings. The van der Waals surface area contributed by atoms with Crippen LogP contribution < -0.4 is 5.56 Å². The second-order valence-electron chi connectivity index (χ2n) is 6.14. The van der Waals surface area contributed by atoms with Crippen LogP contribution in [0.2, 0.25) is 0 Å². The molecule has 0 aliphatic heterocycles. The fraction of sp³-hybridized carbons (Fsp3) is 0.316. The minimum atomic E-state index is -1.31. The minimum Gasteiger partial charge on any atom is -0.463 e. The van der Waals surface area contributed by atoms with Crippen LogP contribution in [0.4, 0.5) is 0 Å². The van der Waals surface area contributed by atoms with Gasteiger partial charge in [0, 0.05) is 24.2 Å². The molecule has 0 amide bonds. The molecule has 0 aliphatic carbocycles. The monoisotopic (exact) mass is 384 g/mol. The van der Waals surface area contributed by atoms with Crippen molar-refractivity contribution in [2.45, 2.75) is 33.3 Å². The molecule has 0 fully saturated rings. The number of fused-ring (bicyclic) bond motifs is 1. The standard InChI is InChI=1S/C19H20N4O5/c1-4-27-19(26)17(16-11(2)6-5-8-20-16)28-15(24)10-13-12(3)22-14-7-9-21-23(14)18(13)25/h5-9,17,21H,4,10H2,1-3H3. The Morgan fingerprint density at radius 3 is 2.79 bits per heavy atom. The summed E-state index contributed by atoms with van der Waals surface area (Å²) in [4.78, 5) is 45.9. The largest absolute Gasteiger partial charge is 0.463 e. The molecule has 0 spiro atoms. The normalized spacial score (nSPS) is 12.0. The van der Waals surface area contributed by atoms with E-state index in [4.69, 9.17) is 9.47 Å². The number of carbonyl (C=O) groups excluding carboxylic acids is 2. The number of nitrogens with one attached hydrogen (secondary N) is 1. The van der Waals surface area contributed by atoms with E-state index < -0.39 is 23.6 Å². The Bertz CT molecular complexity index is 1090. The van der Waals surface area contributed by atoms with Crippen LogP contribution >= 0.6 is 0 Å². The predicted molar refractivity (Wildman–Crippen MR) is 98.7 cm³/mol. The first-order chi connectivity index (χ1) is 13.4. The zero-order valence-corrected chi connectivity index (χ0v) is 15.8. The fourth-order valence-electron chi connectivity index (χ4n) is 2.83. The summed E-state index contributed by atoms with van der Waals surface area (Å²) in [6.45, 7) is 5.18. The van der Waals surface area contributed by atoms with Crippen molar-refractivity contribution in [3.05, 3.63) is 63.5 Å². The van der Waals surface area contributed by atoms with E-state index in [0.717, 1.165) is 0 Å². The average Bonchev–Trinajstić information content (AvgIpc) is 3.12. The molecular weight excluding hydrogens is 364 g/mol. The smallest absolute Gasteiger partial charge is 0.353 e. The highest BCUT2D eigenvalue weighted by Gasteiger charge is 2.30. The molecule has 3 aromatic heterocycles. The van der Waals surface area contributed by atoms with E-state index in [9.17, 15) is 14.4 Å². The van der Waals surface area contributed by atoms with Crippen LogP contribution in [0, 0.1) is 13.8 Å². The number of carbonyl (C=O) groups is 2. The highest BCUT2D eigenvalue weighted by atomic mass is 16.6. The number of hydrogen-bond acceptors (Lipinski definition) is 7. The molecule has 3 aromatic rings. The van der Waals surface area contributed by atoms with Crippen LogP contribution in [0.1, 0.15) is 35.5 Å². The second kappa shape index (κ2) is 8.03. The third-order valence-corrected chi connectivity index (χ3v) is 4.21. The second-order valence-corrected chi connectivity index (χ2v) is 6.14. The lowest BCUT2D eigenvalue weighted by Crippen LogP contribution is -2.28. The van der Waals surface area contributed by atoms with Crippen molar-refractivity contribution < 1.29 is 19.1 Å². The van der Waals surface area contributed by atoms with Crippen LogP contribution in [-0.4, -0.2) is 38.1 Å². The summed E-state index contributed by atoms with van der Waals surface area (Å²) in [6.07, 6.45) is 1.44. The van der Waals surface area contributed by atoms with Gasteiger partial charge in [-0.25, -0.2) is 14.3 Å². The number of hydrogen-bond donors (Lipinski definition) is 1. The Kier molecular flexibility index (Phi) is 5.53. The van der Waals surface area contributed by atoms with E-state index in [1.54, 1.807) is 45.2 Å². The quantitative estimate of drug-likeness (QED) is 0.639. The van der Waals surface area contributed by atoms with E-state index >= 15 is 0 Å². The summed E-state index contributed by atoms with van der Waals surface area (Å²) < 4.78 is 11.6. The van der Waals surface area contributed by atoms with Crippen LogP contribution in [0.5, 0.6) is 0 Å². The zero-order valence-electron chi connectivity index (χ0n) is 15.8. The van der Waals surface area contributed by atoms with Crippen molar-refractivity contribution >= 4 is 17.6 Å². The topological polar surface area (TPSA) is 116 Å². The highest BCUT2D eigenvalue weighted by Crippen LogP contribution is 2.21.